The van der Waals surface area contributed by atoms with Crippen LogP contribution in [-0.2, 0) is 0 Å². The predicted octanol–water partition coefficient (Wildman–Crippen LogP) is 4.28. The lowest BCUT2D eigenvalue weighted by atomic mass is 10.1. The molecule has 5 heteroatoms. The molecule has 3 aromatic rings. The molecule has 0 spiro atoms. The average molecular weight is 356 g/mol. The van der Waals surface area contributed by atoms with Gasteiger partial charge in [-0.05, 0) is 24.3 Å². The van der Waals surface area contributed by atoms with Crippen molar-refractivity contribution in [2.75, 3.05) is 11.5 Å². The van der Waals surface area contributed by atoms with Crippen LogP contribution in [0.15, 0.2) is 37.6 Å². The quantitative estimate of drug-likeness (QED) is 0.591. The summed E-state index contributed by atoms with van der Waals surface area (Å²) in [5, 5.41) is 1.92. The molecular weight excluding hydrogens is 348 g/mol. The van der Waals surface area contributed by atoms with Gasteiger partial charge in [-0.25, -0.2) is 0 Å². The van der Waals surface area contributed by atoms with Crippen LogP contribution in [0.1, 0.15) is 0 Å². The fraction of sp³-hybridized carbons (Fsp3) is 0. The molecular formula is C12H8Br2N2O. The lowest BCUT2D eigenvalue weighted by Crippen LogP contribution is -1.84. The van der Waals surface area contributed by atoms with Crippen LogP contribution in [0.4, 0.5) is 11.4 Å². The Morgan fingerprint density at radius 3 is 1.59 bits per heavy atom. The standard InChI is InChI=1S/C12H8Br2N2O/c13-5-1-7-8-2-6(14)4-10(16)12(8)17-11(7)9(15)3-5/h1-4H,15-16H2. The number of anilines is 2. The Morgan fingerprint density at radius 1 is 0.765 bits per heavy atom. The minimum Gasteiger partial charge on any atom is -0.452 e. The highest BCUT2D eigenvalue weighted by Crippen LogP contribution is 2.38. The van der Waals surface area contributed by atoms with Crippen LogP contribution >= 0.6 is 31.9 Å². The molecule has 2 aromatic carbocycles. The van der Waals surface area contributed by atoms with E-state index in [0.29, 0.717) is 22.5 Å². The molecule has 4 N–H and O–H groups in total. The van der Waals surface area contributed by atoms with E-state index < -0.39 is 0 Å². The molecule has 17 heavy (non-hydrogen) atoms. The molecule has 3 nitrogen and oxygen atoms in total. The van der Waals surface area contributed by atoms with E-state index in [4.69, 9.17) is 15.9 Å². The predicted molar refractivity (Wildman–Crippen MR) is 77.9 cm³/mol. The molecule has 0 aliphatic heterocycles. The molecule has 0 radical (unpaired) electrons. The first-order valence-electron chi connectivity index (χ1n) is 4.92. The van der Waals surface area contributed by atoms with E-state index in [9.17, 15) is 0 Å². The Labute approximate surface area is 114 Å². The molecule has 0 amide bonds. The van der Waals surface area contributed by atoms with Gasteiger partial charge in [0.1, 0.15) is 0 Å². The summed E-state index contributed by atoms with van der Waals surface area (Å²) in [4.78, 5) is 0. The number of rotatable bonds is 0. The number of hydrogen-bond donors (Lipinski definition) is 2. The summed E-state index contributed by atoms with van der Waals surface area (Å²) in [7, 11) is 0. The minimum absolute atomic E-state index is 0.598. The number of furan rings is 1. The molecule has 0 bridgehead atoms. The van der Waals surface area contributed by atoms with Crippen LogP contribution in [0.2, 0.25) is 0 Å². The summed E-state index contributed by atoms with van der Waals surface area (Å²) in [6, 6.07) is 7.58. The SMILES string of the molecule is Nc1cc(Br)cc2c1oc1c(N)cc(Br)cc12. The van der Waals surface area contributed by atoms with E-state index >= 15 is 0 Å². The molecule has 3 rings (SSSR count). The van der Waals surface area contributed by atoms with Gasteiger partial charge in [-0.2, -0.15) is 0 Å². The lowest BCUT2D eigenvalue weighted by molar-refractivity contribution is 0.671. The van der Waals surface area contributed by atoms with Gasteiger partial charge >= 0.3 is 0 Å². The maximum Gasteiger partial charge on any atom is 0.158 e. The second kappa shape index (κ2) is 3.65. The number of nitrogen functional groups attached to an aromatic ring is 2. The maximum atomic E-state index is 5.93. The molecule has 0 unspecified atom stereocenters. The summed E-state index contributed by atoms with van der Waals surface area (Å²) in [6.45, 7) is 0. The van der Waals surface area contributed by atoms with E-state index in [1.165, 1.54) is 0 Å². The van der Waals surface area contributed by atoms with Crippen LogP contribution in [0, 0.1) is 0 Å². The Morgan fingerprint density at radius 2 is 1.18 bits per heavy atom. The molecule has 86 valence electrons. The van der Waals surface area contributed by atoms with Crippen molar-refractivity contribution in [3.63, 3.8) is 0 Å². The van der Waals surface area contributed by atoms with Gasteiger partial charge in [-0.1, -0.05) is 31.9 Å². The number of fused-ring (bicyclic) bond motifs is 3. The van der Waals surface area contributed by atoms with E-state index in [1.807, 2.05) is 24.3 Å². The van der Waals surface area contributed by atoms with Crippen molar-refractivity contribution in [2.24, 2.45) is 0 Å². The molecule has 0 aliphatic rings. The zero-order valence-corrected chi connectivity index (χ0v) is 11.8. The first-order valence-corrected chi connectivity index (χ1v) is 6.51. The fourth-order valence-electron chi connectivity index (χ4n) is 1.96. The molecule has 0 fully saturated rings. The molecule has 1 heterocycles. The summed E-state index contributed by atoms with van der Waals surface area (Å²) in [5.74, 6) is 0. The normalized spacial score (nSPS) is 11.4. The van der Waals surface area contributed by atoms with Crippen molar-refractivity contribution in [3.05, 3.63) is 33.2 Å². The molecule has 0 saturated carbocycles. The second-order valence-corrected chi connectivity index (χ2v) is 5.68. The Balaban J connectivity index is 2.60. The minimum atomic E-state index is 0.598. The van der Waals surface area contributed by atoms with Gasteiger partial charge in [0.15, 0.2) is 11.2 Å². The number of hydrogen-bond acceptors (Lipinski definition) is 3. The summed E-state index contributed by atoms with van der Waals surface area (Å²) >= 11 is 6.85. The molecule has 0 saturated heterocycles. The highest BCUT2D eigenvalue weighted by atomic mass is 79.9. The number of benzene rings is 2. The Bertz CT molecular complexity index is 687. The van der Waals surface area contributed by atoms with Crippen molar-refractivity contribution in [1.82, 2.24) is 0 Å². The van der Waals surface area contributed by atoms with Gasteiger partial charge in [0.05, 0.1) is 11.4 Å². The monoisotopic (exact) mass is 354 g/mol. The van der Waals surface area contributed by atoms with Gasteiger partial charge < -0.3 is 15.9 Å². The fourth-order valence-corrected chi connectivity index (χ4v) is 2.91. The highest BCUT2D eigenvalue weighted by molar-refractivity contribution is 9.10. The van der Waals surface area contributed by atoms with Crippen molar-refractivity contribution in [3.8, 4) is 0 Å². The third-order valence-corrected chi connectivity index (χ3v) is 3.57. The van der Waals surface area contributed by atoms with Crippen molar-refractivity contribution >= 4 is 65.2 Å². The Hall–Kier alpha value is -1.20. The largest absolute Gasteiger partial charge is 0.452 e. The van der Waals surface area contributed by atoms with Crippen molar-refractivity contribution < 1.29 is 4.42 Å². The van der Waals surface area contributed by atoms with E-state index in [1.54, 1.807) is 0 Å². The van der Waals surface area contributed by atoms with Crippen LogP contribution in [-0.4, -0.2) is 0 Å². The lowest BCUT2D eigenvalue weighted by Gasteiger charge is -1.96. The second-order valence-electron chi connectivity index (χ2n) is 3.85. The summed E-state index contributed by atoms with van der Waals surface area (Å²) in [5.41, 5.74) is 14.4. The number of nitrogens with two attached hydrogens (primary N) is 2. The van der Waals surface area contributed by atoms with Gasteiger partial charge in [0, 0.05) is 19.7 Å². The topological polar surface area (TPSA) is 65.2 Å². The van der Waals surface area contributed by atoms with Gasteiger partial charge in [0.2, 0.25) is 0 Å². The third kappa shape index (κ3) is 1.61. The highest BCUT2D eigenvalue weighted by Gasteiger charge is 2.13. The molecule has 0 atom stereocenters. The summed E-state index contributed by atoms with van der Waals surface area (Å²) in [6.07, 6.45) is 0. The van der Waals surface area contributed by atoms with Crippen LogP contribution in [0.3, 0.4) is 0 Å². The van der Waals surface area contributed by atoms with E-state index in [2.05, 4.69) is 31.9 Å². The van der Waals surface area contributed by atoms with Gasteiger partial charge in [-0.15, -0.1) is 0 Å². The van der Waals surface area contributed by atoms with Gasteiger partial charge in [-0.3, -0.25) is 0 Å². The smallest absolute Gasteiger partial charge is 0.158 e. The molecule has 1 aromatic heterocycles. The zero-order valence-electron chi connectivity index (χ0n) is 8.63. The number of halogens is 2. The Kier molecular flexibility index (Phi) is 2.34. The maximum absolute atomic E-state index is 5.93. The van der Waals surface area contributed by atoms with Crippen molar-refractivity contribution in [2.45, 2.75) is 0 Å². The third-order valence-electron chi connectivity index (χ3n) is 2.66. The zero-order chi connectivity index (χ0) is 12.2. The van der Waals surface area contributed by atoms with E-state index in [0.717, 1.165) is 19.7 Å². The van der Waals surface area contributed by atoms with Gasteiger partial charge in [0.25, 0.3) is 0 Å². The average Bonchev–Trinajstić information content (AvgIpc) is 2.58. The van der Waals surface area contributed by atoms with E-state index in [-0.39, 0.29) is 0 Å². The van der Waals surface area contributed by atoms with Crippen LogP contribution < -0.4 is 11.5 Å². The van der Waals surface area contributed by atoms with Crippen LogP contribution in [0.25, 0.3) is 21.9 Å². The summed E-state index contributed by atoms with van der Waals surface area (Å²) < 4.78 is 7.57. The first kappa shape index (κ1) is 10.9. The van der Waals surface area contributed by atoms with Crippen molar-refractivity contribution in [1.29, 1.82) is 0 Å². The first-order chi connectivity index (χ1) is 8.06. The molecule has 0 aliphatic carbocycles. The van der Waals surface area contributed by atoms with Crippen LogP contribution in [0.5, 0.6) is 0 Å².